The number of nitrogens with zero attached hydrogens (tertiary/aromatic N) is 3. The van der Waals surface area contributed by atoms with Crippen molar-refractivity contribution in [1.82, 2.24) is 14.7 Å². The van der Waals surface area contributed by atoms with Gasteiger partial charge in [0.25, 0.3) is 0 Å². The first kappa shape index (κ1) is 26.4. The van der Waals surface area contributed by atoms with Crippen LogP contribution in [0.3, 0.4) is 0 Å². The molecule has 0 saturated carbocycles. The number of benzene rings is 4. The molecule has 0 aromatic heterocycles. The first-order valence-corrected chi connectivity index (χ1v) is 14.2. The summed E-state index contributed by atoms with van der Waals surface area (Å²) in [6.45, 7) is 9.43. The Morgan fingerprint density at radius 2 is 0.684 bits per heavy atom. The summed E-state index contributed by atoms with van der Waals surface area (Å²) in [7, 11) is 0. The Morgan fingerprint density at radius 1 is 0.368 bits per heavy atom. The first-order chi connectivity index (χ1) is 18.8. The smallest absolute Gasteiger partial charge is 0.0237 e. The summed E-state index contributed by atoms with van der Waals surface area (Å²) < 4.78 is 0. The molecule has 2 aliphatic rings. The Morgan fingerprint density at radius 3 is 1.05 bits per heavy atom. The minimum absolute atomic E-state index is 0.988. The van der Waals surface area contributed by atoms with E-state index >= 15 is 0 Å². The van der Waals surface area contributed by atoms with Gasteiger partial charge < -0.3 is 0 Å². The summed E-state index contributed by atoms with van der Waals surface area (Å²) in [5.74, 6) is 0. The standard InChI is InChI=1S/C35H41N3/c1-4-12-31(13-5-1)26-36-22-10-24-37(27-32-14-6-2-7-15-32)29-34-18-20-35(21-19-34)30-38(25-11-23-36)28-33-16-8-3-9-17-33/h1-9,12-21H,10-11,22-30H2. The van der Waals surface area contributed by atoms with E-state index in [2.05, 4.69) is 130 Å². The normalized spacial score (nSPS) is 16.6. The van der Waals surface area contributed by atoms with Crippen LogP contribution in [0.15, 0.2) is 115 Å². The molecule has 0 atom stereocenters. The molecule has 6 rings (SSSR count). The first-order valence-electron chi connectivity index (χ1n) is 14.2. The minimum atomic E-state index is 0.988. The predicted molar refractivity (Wildman–Crippen MR) is 159 cm³/mol. The van der Waals surface area contributed by atoms with Crippen LogP contribution in [-0.2, 0) is 32.7 Å². The molecule has 0 radical (unpaired) electrons. The third-order valence-corrected chi connectivity index (χ3v) is 7.48. The molecule has 0 saturated heterocycles. The number of fused-ring (bicyclic) bond motifs is 12. The maximum atomic E-state index is 2.67. The van der Waals surface area contributed by atoms with Crippen molar-refractivity contribution in [2.24, 2.45) is 0 Å². The van der Waals surface area contributed by atoms with Crippen LogP contribution in [0.1, 0.15) is 40.7 Å². The second kappa shape index (κ2) is 14.1. The van der Waals surface area contributed by atoms with Crippen molar-refractivity contribution in [3.8, 4) is 0 Å². The van der Waals surface area contributed by atoms with Crippen molar-refractivity contribution in [1.29, 1.82) is 0 Å². The molecule has 2 bridgehead atoms. The molecule has 3 nitrogen and oxygen atoms in total. The van der Waals surface area contributed by atoms with Gasteiger partial charge in [-0.05, 0) is 53.7 Å². The molecular weight excluding hydrogens is 462 g/mol. The minimum Gasteiger partial charge on any atom is -0.299 e. The Balaban J connectivity index is 1.34. The molecule has 3 heteroatoms. The van der Waals surface area contributed by atoms with Crippen molar-refractivity contribution in [2.75, 3.05) is 26.2 Å². The average molecular weight is 504 g/mol. The van der Waals surface area contributed by atoms with Gasteiger partial charge in [0, 0.05) is 45.8 Å². The molecule has 196 valence electrons. The van der Waals surface area contributed by atoms with Crippen LogP contribution < -0.4 is 0 Å². The largest absolute Gasteiger partial charge is 0.299 e. The van der Waals surface area contributed by atoms with Gasteiger partial charge in [0.1, 0.15) is 0 Å². The summed E-state index contributed by atoms with van der Waals surface area (Å²) in [6, 6.07) is 42.2. The monoisotopic (exact) mass is 503 g/mol. The van der Waals surface area contributed by atoms with Gasteiger partial charge in [-0.25, -0.2) is 0 Å². The zero-order valence-electron chi connectivity index (χ0n) is 22.6. The summed E-state index contributed by atoms with van der Waals surface area (Å²) >= 11 is 0. The highest BCUT2D eigenvalue weighted by Crippen LogP contribution is 2.17. The van der Waals surface area contributed by atoms with Crippen LogP contribution in [0.25, 0.3) is 0 Å². The van der Waals surface area contributed by atoms with Gasteiger partial charge >= 0.3 is 0 Å². The number of hydrogen-bond acceptors (Lipinski definition) is 3. The molecule has 4 aromatic rings. The molecule has 0 unspecified atom stereocenters. The molecule has 38 heavy (non-hydrogen) atoms. The van der Waals surface area contributed by atoms with E-state index in [-0.39, 0.29) is 0 Å². The maximum Gasteiger partial charge on any atom is 0.0237 e. The zero-order valence-corrected chi connectivity index (χ0v) is 22.6. The third kappa shape index (κ3) is 8.39. The average Bonchev–Trinajstić information content (AvgIpc) is 2.96. The molecule has 2 heterocycles. The SMILES string of the molecule is c1ccc(CN2CCCN(Cc3ccccc3)Cc3ccc(cc3)CN(Cc3ccccc3)CCC2)cc1. The van der Waals surface area contributed by atoms with E-state index in [1.165, 1.54) is 40.7 Å². The fraction of sp³-hybridized carbons (Fsp3) is 0.314. The maximum absolute atomic E-state index is 2.67. The van der Waals surface area contributed by atoms with Crippen molar-refractivity contribution in [2.45, 2.75) is 45.6 Å². The fourth-order valence-corrected chi connectivity index (χ4v) is 5.53. The van der Waals surface area contributed by atoms with Crippen LogP contribution in [-0.4, -0.2) is 40.9 Å². The zero-order chi connectivity index (χ0) is 25.8. The quantitative estimate of drug-likeness (QED) is 0.281. The van der Waals surface area contributed by atoms with E-state index in [0.717, 1.165) is 58.9 Å². The lowest BCUT2D eigenvalue weighted by molar-refractivity contribution is 0.194. The van der Waals surface area contributed by atoms with E-state index in [9.17, 15) is 0 Å². The van der Waals surface area contributed by atoms with Gasteiger partial charge in [-0.1, -0.05) is 115 Å². The molecule has 0 N–H and O–H groups in total. The molecule has 2 aliphatic heterocycles. The van der Waals surface area contributed by atoms with Crippen molar-refractivity contribution < 1.29 is 0 Å². The lowest BCUT2D eigenvalue weighted by atomic mass is 10.1. The van der Waals surface area contributed by atoms with Crippen LogP contribution in [0.2, 0.25) is 0 Å². The van der Waals surface area contributed by atoms with Gasteiger partial charge in [-0.3, -0.25) is 14.7 Å². The van der Waals surface area contributed by atoms with Gasteiger partial charge in [0.05, 0.1) is 0 Å². The lowest BCUT2D eigenvalue weighted by Crippen LogP contribution is -2.32. The van der Waals surface area contributed by atoms with Crippen LogP contribution in [0.5, 0.6) is 0 Å². The molecule has 4 aromatic carbocycles. The van der Waals surface area contributed by atoms with E-state index in [1.54, 1.807) is 0 Å². The van der Waals surface area contributed by atoms with E-state index in [0.29, 0.717) is 0 Å². The van der Waals surface area contributed by atoms with E-state index < -0.39 is 0 Å². The summed E-state index contributed by atoms with van der Waals surface area (Å²) in [5, 5.41) is 0. The molecule has 0 fully saturated rings. The summed E-state index contributed by atoms with van der Waals surface area (Å²) in [6.07, 6.45) is 2.34. The Labute approximate surface area is 229 Å². The summed E-state index contributed by atoms with van der Waals surface area (Å²) in [4.78, 5) is 7.90. The van der Waals surface area contributed by atoms with Crippen LogP contribution in [0.4, 0.5) is 0 Å². The van der Waals surface area contributed by atoms with Crippen molar-refractivity contribution >= 4 is 0 Å². The van der Waals surface area contributed by atoms with E-state index in [1.807, 2.05) is 0 Å². The van der Waals surface area contributed by atoms with Gasteiger partial charge in [-0.15, -0.1) is 0 Å². The molecular formula is C35H41N3. The topological polar surface area (TPSA) is 9.72 Å². The molecule has 0 aliphatic carbocycles. The molecule has 0 amide bonds. The second-order valence-corrected chi connectivity index (χ2v) is 10.7. The Hall–Kier alpha value is -3.24. The summed E-state index contributed by atoms with van der Waals surface area (Å²) in [5.41, 5.74) is 6.98. The van der Waals surface area contributed by atoms with Gasteiger partial charge in [-0.2, -0.15) is 0 Å². The van der Waals surface area contributed by atoms with Crippen LogP contribution >= 0.6 is 0 Å². The van der Waals surface area contributed by atoms with Gasteiger partial charge in [0.15, 0.2) is 0 Å². The third-order valence-electron chi connectivity index (χ3n) is 7.48. The van der Waals surface area contributed by atoms with Crippen molar-refractivity contribution in [3.05, 3.63) is 143 Å². The highest BCUT2D eigenvalue weighted by atomic mass is 15.2. The predicted octanol–water partition coefficient (Wildman–Crippen LogP) is 6.99. The highest BCUT2D eigenvalue weighted by Gasteiger charge is 2.14. The Bertz CT molecular complexity index is 1120. The molecule has 0 spiro atoms. The number of hydrogen-bond donors (Lipinski definition) is 0. The van der Waals surface area contributed by atoms with Gasteiger partial charge in [0.2, 0.25) is 0 Å². The van der Waals surface area contributed by atoms with Crippen LogP contribution in [0, 0.1) is 0 Å². The highest BCUT2D eigenvalue weighted by molar-refractivity contribution is 5.23. The Kier molecular flexibility index (Phi) is 9.76. The number of rotatable bonds is 6. The fourth-order valence-electron chi connectivity index (χ4n) is 5.53. The second-order valence-electron chi connectivity index (χ2n) is 10.7. The van der Waals surface area contributed by atoms with E-state index in [4.69, 9.17) is 0 Å². The lowest BCUT2D eigenvalue weighted by Gasteiger charge is -2.27. The van der Waals surface area contributed by atoms with Crippen molar-refractivity contribution in [3.63, 3.8) is 0 Å².